The summed E-state index contributed by atoms with van der Waals surface area (Å²) in [7, 11) is 3.84. The topological polar surface area (TPSA) is 46.8 Å². The molecule has 0 spiro atoms. The van der Waals surface area contributed by atoms with E-state index in [0.29, 0.717) is 17.4 Å². The van der Waals surface area contributed by atoms with Crippen LogP contribution in [0.25, 0.3) is 22.5 Å². The first-order valence-electron chi connectivity index (χ1n) is 10.6. The number of fused-ring (bicyclic) bond motifs is 1. The number of nitrogens with zero attached hydrogens (tertiary/aromatic N) is 3. The number of hydrogen-bond acceptors (Lipinski definition) is 4. The second kappa shape index (κ2) is 8.44. The van der Waals surface area contributed by atoms with Gasteiger partial charge in [-0.1, -0.05) is 13.0 Å². The summed E-state index contributed by atoms with van der Waals surface area (Å²) in [5.41, 5.74) is 5.64. The van der Waals surface area contributed by atoms with Crippen LogP contribution in [0.15, 0.2) is 53.5 Å². The Kier molecular flexibility index (Phi) is 5.73. The monoisotopic (exact) mass is 403 g/mol. The van der Waals surface area contributed by atoms with Crippen LogP contribution in [-0.2, 0) is 0 Å². The fourth-order valence-corrected chi connectivity index (χ4v) is 4.22. The molecule has 5 nitrogen and oxygen atoms in total. The zero-order valence-electron chi connectivity index (χ0n) is 18.2. The van der Waals surface area contributed by atoms with E-state index in [-0.39, 0.29) is 5.56 Å². The van der Waals surface area contributed by atoms with E-state index >= 15 is 0 Å². The predicted molar refractivity (Wildman–Crippen MR) is 122 cm³/mol. The molecule has 30 heavy (non-hydrogen) atoms. The van der Waals surface area contributed by atoms with Gasteiger partial charge in [-0.3, -0.25) is 9.20 Å². The van der Waals surface area contributed by atoms with Crippen LogP contribution in [-0.4, -0.2) is 41.0 Å². The normalized spacial score (nSPS) is 16.7. The van der Waals surface area contributed by atoms with Gasteiger partial charge < -0.3 is 9.64 Å². The van der Waals surface area contributed by atoms with Gasteiger partial charge in [-0.15, -0.1) is 0 Å². The highest BCUT2D eigenvalue weighted by atomic mass is 16.5. The third-order valence-corrected chi connectivity index (χ3v) is 6.23. The molecule has 1 aliphatic rings. The minimum atomic E-state index is -0.0645. The Morgan fingerprint density at radius 3 is 2.67 bits per heavy atom. The lowest BCUT2D eigenvalue weighted by Crippen LogP contribution is -2.32. The highest BCUT2D eigenvalue weighted by molar-refractivity contribution is 5.68. The maximum Gasteiger partial charge on any atom is 0.258 e. The predicted octanol–water partition coefficient (Wildman–Crippen LogP) is 4.57. The molecule has 156 valence electrons. The van der Waals surface area contributed by atoms with Gasteiger partial charge in [-0.2, -0.15) is 0 Å². The zero-order chi connectivity index (χ0) is 21.3. The van der Waals surface area contributed by atoms with Crippen molar-refractivity contribution in [2.24, 2.45) is 0 Å². The minimum Gasteiger partial charge on any atom is -0.496 e. The molecule has 4 rings (SSSR count). The third-order valence-electron chi connectivity index (χ3n) is 6.23. The number of methoxy groups -OCH3 is 1. The molecule has 0 saturated heterocycles. The number of ether oxygens (including phenoxy) is 1. The molecule has 0 aliphatic heterocycles. The molecule has 0 saturated carbocycles. The fraction of sp³-hybridized carbons (Fsp3) is 0.360. The van der Waals surface area contributed by atoms with Crippen molar-refractivity contribution in [1.82, 2.24) is 14.3 Å². The van der Waals surface area contributed by atoms with E-state index in [2.05, 4.69) is 31.0 Å². The van der Waals surface area contributed by atoms with E-state index in [9.17, 15) is 4.79 Å². The minimum absolute atomic E-state index is 0.0645. The van der Waals surface area contributed by atoms with Crippen LogP contribution in [0.2, 0.25) is 0 Å². The smallest absolute Gasteiger partial charge is 0.258 e. The van der Waals surface area contributed by atoms with E-state index in [1.54, 1.807) is 17.6 Å². The molecule has 0 bridgehead atoms. The number of hydrogen-bond donors (Lipinski definition) is 0. The van der Waals surface area contributed by atoms with E-state index in [1.807, 2.05) is 37.4 Å². The molecule has 0 amide bonds. The fourth-order valence-electron chi connectivity index (χ4n) is 4.22. The van der Waals surface area contributed by atoms with Crippen LogP contribution in [0.5, 0.6) is 5.75 Å². The number of aromatic nitrogens is 2. The third kappa shape index (κ3) is 3.90. The number of rotatable bonds is 5. The Balaban J connectivity index is 1.66. The summed E-state index contributed by atoms with van der Waals surface area (Å²) < 4.78 is 6.99. The Morgan fingerprint density at radius 2 is 2.00 bits per heavy atom. The van der Waals surface area contributed by atoms with Crippen molar-refractivity contribution in [1.29, 1.82) is 0 Å². The molecule has 3 aromatic rings. The van der Waals surface area contributed by atoms with Crippen molar-refractivity contribution in [3.8, 4) is 17.0 Å². The zero-order valence-corrected chi connectivity index (χ0v) is 18.2. The van der Waals surface area contributed by atoms with Crippen molar-refractivity contribution in [3.63, 3.8) is 0 Å². The van der Waals surface area contributed by atoms with Gasteiger partial charge in [0.1, 0.15) is 11.4 Å². The van der Waals surface area contributed by atoms with Crippen LogP contribution in [0.1, 0.15) is 37.3 Å². The van der Waals surface area contributed by atoms with E-state index in [1.165, 1.54) is 5.57 Å². The summed E-state index contributed by atoms with van der Waals surface area (Å²) in [6.45, 7) is 5.26. The van der Waals surface area contributed by atoms with Gasteiger partial charge in [0.15, 0.2) is 0 Å². The van der Waals surface area contributed by atoms with Crippen LogP contribution in [0, 0.1) is 6.92 Å². The second-order valence-electron chi connectivity index (χ2n) is 8.04. The molecule has 2 aromatic heterocycles. The summed E-state index contributed by atoms with van der Waals surface area (Å²) in [4.78, 5) is 20.0. The Morgan fingerprint density at radius 1 is 1.20 bits per heavy atom. The van der Waals surface area contributed by atoms with Gasteiger partial charge in [0.2, 0.25) is 0 Å². The standard InChI is InChI=1S/C25H29N3O2/c1-5-27(3)21-10-6-18(7-11-21)20-9-13-24-26-22(15-25(29)28(24)16-20)19-8-12-23(30-4)17(2)14-19/h6,8-9,12-16,21H,5,7,10-11H2,1-4H3. The molecule has 0 fully saturated rings. The lowest BCUT2D eigenvalue weighted by atomic mass is 9.91. The first-order chi connectivity index (χ1) is 14.5. The SMILES string of the molecule is CCN(C)C1CC=C(c2ccc3nc(-c4ccc(OC)c(C)c4)cc(=O)n3c2)CC1. The molecule has 1 atom stereocenters. The van der Waals surface area contributed by atoms with Gasteiger partial charge >= 0.3 is 0 Å². The summed E-state index contributed by atoms with van der Waals surface area (Å²) >= 11 is 0. The van der Waals surface area contributed by atoms with Crippen molar-refractivity contribution in [3.05, 3.63) is 70.2 Å². The molecule has 1 aromatic carbocycles. The van der Waals surface area contributed by atoms with E-state index in [4.69, 9.17) is 9.72 Å². The van der Waals surface area contributed by atoms with Crippen molar-refractivity contribution in [2.45, 2.75) is 39.2 Å². The summed E-state index contributed by atoms with van der Waals surface area (Å²) in [6, 6.07) is 12.1. The van der Waals surface area contributed by atoms with Crippen LogP contribution >= 0.6 is 0 Å². The molecule has 1 aliphatic carbocycles. The maximum absolute atomic E-state index is 12.9. The quantitative estimate of drug-likeness (QED) is 0.626. The Bertz CT molecular complexity index is 1160. The largest absolute Gasteiger partial charge is 0.496 e. The highest BCUT2D eigenvalue weighted by Crippen LogP contribution is 2.29. The summed E-state index contributed by atoms with van der Waals surface area (Å²) in [6.07, 6.45) is 7.50. The highest BCUT2D eigenvalue weighted by Gasteiger charge is 2.18. The Hall–Kier alpha value is -2.92. The van der Waals surface area contributed by atoms with Gasteiger partial charge in [0.25, 0.3) is 5.56 Å². The Labute approximate surface area is 177 Å². The molecular weight excluding hydrogens is 374 g/mol. The van der Waals surface area contributed by atoms with Crippen LogP contribution < -0.4 is 10.3 Å². The first kappa shape index (κ1) is 20.4. The molecule has 0 radical (unpaired) electrons. The number of aryl methyl sites for hydroxylation is 1. The molecule has 5 heteroatoms. The molecule has 2 heterocycles. The summed E-state index contributed by atoms with van der Waals surface area (Å²) in [5, 5.41) is 0. The van der Waals surface area contributed by atoms with Crippen molar-refractivity contribution >= 4 is 11.2 Å². The molecule has 0 N–H and O–H groups in total. The lowest BCUT2D eigenvalue weighted by molar-refractivity contribution is 0.240. The van der Waals surface area contributed by atoms with Crippen molar-refractivity contribution in [2.75, 3.05) is 20.7 Å². The average Bonchev–Trinajstić information content (AvgIpc) is 2.78. The van der Waals surface area contributed by atoms with Gasteiger partial charge in [0.05, 0.1) is 12.8 Å². The maximum atomic E-state index is 12.9. The van der Waals surface area contributed by atoms with Gasteiger partial charge in [0, 0.05) is 23.9 Å². The average molecular weight is 404 g/mol. The summed E-state index contributed by atoms with van der Waals surface area (Å²) in [5.74, 6) is 0.828. The second-order valence-corrected chi connectivity index (χ2v) is 8.04. The first-order valence-corrected chi connectivity index (χ1v) is 10.6. The number of benzene rings is 1. The van der Waals surface area contributed by atoms with Gasteiger partial charge in [-0.25, -0.2) is 4.98 Å². The lowest BCUT2D eigenvalue weighted by Gasteiger charge is -2.29. The number of allylic oxidation sites excluding steroid dienone is 1. The van der Waals surface area contributed by atoms with Crippen LogP contribution in [0.4, 0.5) is 0 Å². The molecular formula is C25H29N3O2. The van der Waals surface area contributed by atoms with E-state index < -0.39 is 0 Å². The number of pyridine rings is 1. The molecule has 1 unspecified atom stereocenters. The van der Waals surface area contributed by atoms with Crippen molar-refractivity contribution < 1.29 is 4.74 Å². The van der Waals surface area contributed by atoms with E-state index in [0.717, 1.165) is 48.2 Å². The van der Waals surface area contributed by atoms with Gasteiger partial charge in [-0.05, 0) is 86.8 Å². The van der Waals surface area contributed by atoms with Crippen LogP contribution in [0.3, 0.4) is 0 Å².